The number of benzene rings is 1. The van der Waals surface area contributed by atoms with Gasteiger partial charge >= 0.3 is 6.09 Å². The maximum Gasteiger partial charge on any atom is 0.413 e. The van der Waals surface area contributed by atoms with Gasteiger partial charge in [0.15, 0.2) is 0 Å². The van der Waals surface area contributed by atoms with Crippen LogP contribution >= 0.6 is 0 Å². The second-order valence-electron chi connectivity index (χ2n) is 11.8. The van der Waals surface area contributed by atoms with Gasteiger partial charge in [0.1, 0.15) is 5.82 Å². The van der Waals surface area contributed by atoms with Crippen molar-refractivity contribution < 1.29 is 14.7 Å². The number of nitrogens with zero attached hydrogens (tertiary/aromatic N) is 2. The second-order valence-corrected chi connectivity index (χ2v) is 11.8. The van der Waals surface area contributed by atoms with Crippen molar-refractivity contribution in [3.63, 3.8) is 0 Å². The number of hydrogen-bond acceptors (Lipinski definition) is 4. The van der Waals surface area contributed by atoms with E-state index in [0.717, 1.165) is 60.3 Å². The van der Waals surface area contributed by atoms with Gasteiger partial charge in [0.25, 0.3) is 0 Å². The highest BCUT2D eigenvalue weighted by atomic mass is 16.4. The molecule has 0 atom stereocenters. The van der Waals surface area contributed by atoms with Crippen LogP contribution in [0.1, 0.15) is 63.4 Å². The second kappa shape index (κ2) is 8.77. The Morgan fingerprint density at radius 2 is 1.71 bits per heavy atom. The first kappa shape index (κ1) is 22.8. The molecule has 7 rings (SSSR count). The fourth-order valence-corrected chi connectivity index (χ4v) is 8.14. The number of rotatable bonds is 5. The molecule has 0 radical (unpaired) electrons. The zero-order chi connectivity index (χ0) is 24.2. The van der Waals surface area contributed by atoms with E-state index in [1.165, 1.54) is 43.4 Å². The number of carbonyl (C=O) groups excluding carboxylic acids is 1. The normalized spacial score (nSPS) is 29.9. The van der Waals surface area contributed by atoms with Crippen LogP contribution in [0.15, 0.2) is 24.3 Å². The summed E-state index contributed by atoms with van der Waals surface area (Å²) in [5.41, 5.74) is 2.71. The first-order chi connectivity index (χ1) is 16.9. The summed E-state index contributed by atoms with van der Waals surface area (Å²) < 4.78 is 0. The SMILES string of the molecule is Cc1ccc2nc(N(C(=O)O)C3CCNCC3)ccc2c1NC(=O)CC12CC3CC(CC(C3)C1)C2. The van der Waals surface area contributed by atoms with Crippen LogP contribution in [-0.4, -0.2) is 41.2 Å². The number of fused-ring (bicyclic) bond motifs is 1. The van der Waals surface area contributed by atoms with E-state index in [1.54, 1.807) is 6.07 Å². The molecule has 0 spiro atoms. The Morgan fingerprint density at radius 1 is 1.06 bits per heavy atom. The monoisotopic (exact) mass is 476 g/mol. The lowest BCUT2D eigenvalue weighted by atomic mass is 9.49. The Morgan fingerprint density at radius 3 is 2.34 bits per heavy atom. The van der Waals surface area contributed by atoms with Gasteiger partial charge in [0.2, 0.25) is 5.91 Å². The van der Waals surface area contributed by atoms with Crippen LogP contribution in [0.2, 0.25) is 0 Å². The van der Waals surface area contributed by atoms with Gasteiger partial charge in [-0.15, -0.1) is 0 Å². The lowest BCUT2D eigenvalue weighted by Crippen LogP contribution is -2.47. The highest BCUT2D eigenvalue weighted by molar-refractivity contribution is 6.03. The van der Waals surface area contributed by atoms with Crippen molar-refractivity contribution >= 4 is 34.4 Å². The number of amides is 2. The van der Waals surface area contributed by atoms with E-state index in [1.807, 2.05) is 25.1 Å². The number of anilines is 2. The quantitative estimate of drug-likeness (QED) is 0.543. The van der Waals surface area contributed by atoms with Gasteiger partial charge in [0.05, 0.1) is 11.2 Å². The number of hydrogen-bond donors (Lipinski definition) is 3. The highest BCUT2D eigenvalue weighted by Gasteiger charge is 2.51. The maximum absolute atomic E-state index is 13.3. The van der Waals surface area contributed by atoms with Gasteiger partial charge in [-0.3, -0.25) is 9.69 Å². The van der Waals surface area contributed by atoms with Crippen LogP contribution in [0.3, 0.4) is 0 Å². The van der Waals surface area contributed by atoms with Crippen molar-refractivity contribution in [1.29, 1.82) is 0 Å². The zero-order valence-electron chi connectivity index (χ0n) is 20.6. The average Bonchev–Trinajstić information content (AvgIpc) is 2.80. The molecule has 35 heavy (non-hydrogen) atoms. The summed E-state index contributed by atoms with van der Waals surface area (Å²) in [5, 5.41) is 17.3. The Labute approximate surface area is 206 Å². The van der Waals surface area contributed by atoms with Crippen LogP contribution < -0.4 is 15.5 Å². The van der Waals surface area contributed by atoms with Crippen LogP contribution in [0, 0.1) is 30.1 Å². The smallest absolute Gasteiger partial charge is 0.413 e. The molecule has 1 saturated heterocycles. The first-order valence-electron chi connectivity index (χ1n) is 13.3. The maximum atomic E-state index is 13.3. The van der Waals surface area contributed by atoms with Crippen molar-refractivity contribution in [3.8, 4) is 0 Å². The molecule has 2 aromatic rings. The van der Waals surface area contributed by atoms with Gasteiger partial charge in [-0.1, -0.05) is 6.07 Å². The predicted molar refractivity (Wildman–Crippen MR) is 137 cm³/mol. The molecule has 7 heteroatoms. The molecule has 3 N–H and O–H groups in total. The van der Waals surface area contributed by atoms with Gasteiger partial charge < -0.3 is 15.7 Å². The molecule has 0 unspecified atom stereocenters. The summed E-state index contributed by atoms with van der Waals surface area (Å²) in [6.07, 6.45) is 8.96. The van der Waals surface area contributed by atoms with Gasteiger partial charge in [-0.25, -0.2) is 9.78 Å². The van der Waals surface area contributed by atoms with Gasteiger partial charge in [0, 0.05) is 17.8 Å². The van der Waals surface area contributed by atoms with Crippen LogP contribution in [0.4, 0.5) is 16.3 Å². The highest BCUT2D eigenvalue weighted by Crippen LogP contribution is 2.61. The molecule has 186 valence electrons. The molecule has 7 nitrogen and oxygen atoms in total. The standard InChI is InChI=1S/C28H36N4O3/c1-17-2-4-23-22(3-5-24(30-23)32(27(34)35)21-6-8-29-9-7-21)26(17)31-25(33)16-28-13-18-10-19(14-28)12-20(11-18)15-28/h2-5,18-21,29H,6-16H2,1H3,(H,31,33)(H,34,35). The van der Waals surface area contributed by atoms with Gasteiger partial charge in [-0.2, -0.15) is 0 Å². The number of carboxylic acid groups (broad SMARTS) is 1. The third-order valence-electron chi connectivity index (χ3n) is 9.16. The minimum atomic E-state index is -0.972. The van der Waals surface area contributed by atoms with E-state index in [9.17, 15) is 14.7 Å². The molecule has 4 aliphatic carbocycles. The number of aromatic nitrogens is 1. The lowest BCUT2D eigenvalue weighted by Gasteiger charge is -2.56. The van der Waals surface area contributed by atoms with Crippen molar-refractivity contribution in [2.24, 2.45) is 23.2 Å². The minimum absolute atomic E-state index is 0.0800. The molecule has 1 aromatic heterocycles. The van der Waals surface area contributed by atoms with E-state index < -0.39 is 6.09 Å². The minimum Gasteiger partial charge on any atom is -0.465 e. The molecule has 2 amide bonds. The number of pyridine rings is 1. The Kier molecular flexibility index (Phi) is 5.71. The number of aryl methyl sites for hydroxylation is 1. The zero-order valence-corrected chi connectivity index (χ0v) is 20.6. The molecule has 4 bridgehead atoms. The number of piperidine rings is 1. The summed E-state index contributed by atoms with van der Waals surface area (Å²) >= 11 is 0. The Balaban J connectivity index is 1.24. The largest absolute Gasteiger partial charge is 0.465 e. The summed E-state index contributed by atoms with van der Waals surface area (Å²) in [6, 6.07) is 7.51. The van der Waals surface area contributed by atoms with Crippen molar-refractivity contribution in [2.75, 3.05) is 23.3 Å². The van der Waals surface area contributed by atoms with Crippen LogP contribution in [-0.2, 0) is 4.79 Å². The molecular formula is C28H36N4O3. The van der Waals surface area contributed by atoms with Crippen molar-refractivity contribution in [2.45, 2.75) is 70.8 Å². The van der Waals surface area contributed by atoms with E-state index in [0.29, 0.717) is 17.8 Å². The van der Waals surface area contributed by atoms with Crippen molar-refractivity contribution in [3.05, 3.63) is 29.8 Å². The predicted octanol–water partition coefficient (Wildman–Crippen LogP) is 5.32. The molecule has 5 aliphatic rings. The third-order valence-corrected chi connectivity index (χ3v) is 9.16. The molecule has 2 heterocycles. The van der Waals surface area contributed by atoms with E-state index in [2.05, 4.69) is 10.6 Å². The fourth-order valence-electron chi connectivity index (χ4n) is 8.14. The van der Waals surface area contributed by atoms with Crippen molar-refractivity contribution in [1.82, 2.24) is 10.3 Å². The fraction of sp³-hybridized carbons (Fsp3) is 0.607. The van der Waals surface area contributed by atoms with Crippen LogP contribution in [0.5, 0.6) is 0 Å². The summed E-state index contributed by atoms with van der Waals surface area (Å²) in [5.74, 6) is 3.04. The topological polar surface area (TPSA) is 94.6 Å². The molecule has 5 fully saturated rings. The molecular weight excluding hydrogens is 440 g/mol. The summed E-state index contributed by atoms with van der Waals surface area (Å²) in [6.45, 7) is 3.62. The average molecular weight is 477 g/mol. The molecule has 1 aromatic carbocycles. The van der Waals surface area contributed by atoms with E-state index >= 15 is 0 Å². The van der Waals surface area contributed by atoms with Crippen LogP contribution in [0.25, 0.3) is 10.9 Å². The van der Waals surface area contributed by atoms with E-state index in [-0.39, 0.29) is 17.4 Å². The third kappa shape index (κ3) is 4.28. The number of nitrogens with one attached hydrogen (secondary N) is 2. The number of carbonyl (C=O) groups is 2. The van der Waals surface area contributed by atoms with E-state index in [4.69, 9.17) is 4.98 Å². The first-order valence-corrected chi connectivity index (χ1v) is 13.3. The summed E-state index contributed by atoms with van der Waals surface area (Å²) in [7, 11) is 0. The molecule has 4 saturated carbocycles. The summed E-state index contributed by atoms with van der Waals surface area (Å²) in [4.78, 5) is 31.6. The van der Waals surface area contributed by atoms with Gasteiger partial charge in [-0.05, 0) is 118 Å². The Hall–Kier alpha value is -2.67. The Bertz CT molecular complexity index is 1120. The molecule has 1 aliphatic heterocycles. The lowest BCUT2D eigenvalue weighted by molar-refractivity contribution is -0.124.